The summed E-state index contributed by atoms with van der Waals surface area (Å²) < 4.78 is 0. The Morgan fingerprint density at radius 1 is 1.08 bits per heavy atom. The molecule has 0 atom stereocenters. The summed E-state index contributed by atoms with van der Waals surface area (Å²) in [5.74, 6) is 1.62. The molecule has 0 saturated carbocycles. The van der Waals surface area contributed by atoms with Crippen LogP contribution in [0, 0.1) is 0 Å². The quantitative estimate of drug-likeness (QED) is 0.675. The van der Waals surface area contributed by atoms with Crippen LogP contribution in [0.2, 0.25) is 0 Å². The molecule has 138 valence electrons. The average Bonchev–Trinajstić information content (AvgIpc) is 3.04. The standard InChI is InChI=1S/C20H33N5/c1-2-3-8-18-23-19-16(9-10-17(19)20(21)24-18)7-5-4-6-13-25-14-11-22-12-15-25/h9,22H,2-8,10-15H2,1H3,(H2,21,23,24). The van der Waals surface area contributed by atoms with Crippen molar-refractivity contribution in [1.82, 2.24) is 20.2 Å². The molecule has 1 saturated heterocycles. The fourth-order valence-electron chi connectivity index (χ4n) is 3.77. The number of hydrogen-bond donors (Lipinski definition) is 2. The molecule has 5 heteroatoms. The lowest BCUT2D eigenvalue weighted by atomic mass is 10.0. The Bertz CT molecular complexity index is 590. The van der Waals surface area contributed by atoms with Crippen molar-refractivity contribution in [3.63, 3.8) is 0 Å². The second-order valence-electron chi connectivity index (χ2n) is 7.29. The summed E-state index contributed by atoms with van der Waals surface area (Å²) in [6.07, 6.45) is 11.4. The lowest BCUT2D eigenvalue weighted by Crippen LogP contribution is -2.43. The van der Waals surface area contributed by atoms with Gasteiger partial charge in [-0.15, -0.1) is 0 Å². The van der Waals surface area contributed by atoms with Gasteiger partial charge in [0, 0.05) is 38.2 Å². The summed E-state index contributed by atoms with van der Waals surface area (Å²) in [5, 5.41) is 3.41. The van der Waals surface area contributed by atoms with Crippen molar-refractivity contribution in [2.75, 3.05) is 38.5 Å². The van der Waals surface area contributed by atoms with E-state index in [0.717, 1.165) is 62.3 Å². The van der Waals surface area contributed by atoms with Crippen molar-refractivity contribution in [3.05, 3.63) is 23.2 Å². The minimum atomic E-state index is 0.695. The van der Waals surface area contributed by atoms with Crippen LogP contribution < -0.4 is 11.1 Å². The smallest absolute Gasteiger partial charge is 0.131 e. The molecule has 0 aromatic carbocycles. The van der Waals surface area contributed by atoms with Crippen molar-refractivity contribution in [2.45, 2.75) is 58.3 Å². The molecule has 3 rings (SSSR count). The summed E-state index contributed by atoms with van der Waals surface area (Å²) >= 11 is 0. The Kier molecular flexibility index (Phi) is 6.82. The number of fused-ring (bicyclic) bond motifs is 1. The highest BCUT2D eigenvalue weighted by Gasteiger charge is 2.20. The molecule has 0 spiro atoms. The number of aromatic nitrogens is 2. The topological polar surface area (TPSA) is 67.1 Å². The normalized spacial score (nSPS) is 17.6. The van der Waals surface area contributed by atoms with E-state index in [-0.39, 0.29) is 0 Å². The summed E-state index contributed by atoms with van der Waals surface area (Å²) in [4.78, 5) is 11.9. The Balaban J connectivity index is 1.46. The van der Waals surface area contributed by atoms with E-state index in [2.05, 4.69) is 28.2 Å². The van der Waals surface area contributed by atoms with E-state index in [1.807, 2.05) is 0 Å². The van der Waals surface area contributed by atoms with Crippen LogP contribution in [0.1, 0.15) is 62.5 Å². The van der Waals surface area contributed by atoms with Gasteiger partial charge in [-0.25, -0.2) is 9.97 Å². The van der Waals surface area contributed by atoms with Crippen LogP contribution in [0.5, 0.6) is 0 Å². The molecule has 5 nitrogen and oxygen atoms in total. The molecule has 25 heavy (non-hydrogen) atoms. The SMILES string of the molecule is CCCCc1nc(N)c2c(n1)C(CCCCCN1CCNCC1)=CC2. The van der Waals surface area contributed by atoms with Crippen molar-refractivity contribution in [3.8, 4) is 0 Å². The van der Waals surface area contributed by atoms with E-state index in [4.69, 9.17) is 10.7 Å². The second kappa shape index (κ2) is 9.30. The van der Waals surface area contributed by atoms with Gasteiger partial charge in [-0.3, -0.25) is 0 Å². The maximum Gasteiger partial charge on any atom is 0.131 e. The van der Waals surface area contributed by atoms with Crippen molar-refractivity contribution < 1.29 is 0 Å². The molecule has 1 fully saturated rings. The number of nitrogens with zero attached hydrogens (tertiary/aromatic N) is 3. The summed E-state index contributed by atoms with van der Waals surface area (Å²) in [5.41, 5.74) is 9.85. The van der Waals surface area contributed by atoms with E-state index in [0.29, 0.717) is 5.82 Å². The van der Waals surface area contributed by atoms with E-state index in [1.165, 1.54) is 44.5 Å². The zero-order chi connectivity index (χ0) is 17.5. The maximum atomic E-state index is 6.17. The van der Waals surface area contributed by atoms with Gasteiger partial charge < -0.3 is 16.0 Å². The number of piperazine rings is 1. The zero-order valence-electron chi connectivity index (χ0n) is 15.7. The van der Waals surface area contributed by atoms with E-state index in [1.54, 1.807) is 0 Å². The average molecular weight is 344 g/mol. The molecular formula is C20H33N5. The maximum absolute atomic E-state index is 6.17. The van der Waals surface area contributed by atoms with Crippen LogP contribution in [0.4, 0.5) is 5.82 Å². The van der Waals surface area contributed by atoms with E-state index >= 15 is 0 Å². The largest absolute Gasteiger partial charge is 0.383 e. The Hall–Kier alpha value is -1.46. The van der Waals surface area contributed by atoms with Gasteiger partial charge in [0.25, 0.3) is 0 Å². The second-order valence-corrected chi connectivity index (χ2v) is 7.29. The Morgan fingerprint density at radius 2 is 1.92 bits per heavy atom. The number of hydrogen-bond acceptors (Lipinski definition) is 5. The van der Waals surface area contributed by atoms with E-state index < -0.39 is 0 Å². The first kappa shape index (κ1) is 18.3. The number of nitrogen functional groups attached to an aromatic ring is 1. The lowest BCUT2D eigenvalue weighted by Gasteiger charge is -2.27. The van der Waals surface area contributed by atoms with Crippen LogP contribution in [0.25, 0.3) is 5.57 Å². The first-order valence-corrected chi connectivity index (χ1v) is 10.1. The van der Waals surface area contributed by atoms with Gasteiger partial charge in [0.2, 0.25) is 0 Å². The summed E-state index contributed by atoms with van der Waals surface area (Å²) in [7, 11) is 0. The third-order valence-electron chi connectivity index (χ3n) is 5.33. The third kappa shape index (κ3) is 5.02. The predicted molar refractivity (Wildman–Crippen MR) is 105 cm³/mol. The van der Waals surface area contributed by atoms with Gasteiger partial charge in [0.15, 0.2) is 0 Å². The molecule has 1 aliphatic heterocycles. The molecule has 1 aromatic heterocycles. The first-order chi connectivity index (χ1) is 12.3. The summed E-state index contributed by atoms with van der Waals surface area (Å²) in [6.45, 7) is 8.14. The number of unbranched alkanes of at least 4 members (excludes halogenated alkanes) is 3. The predicted octanol–water partition coefficient (Wildman–Crippen LogP) is 2.81. The number of allylic oxidation sites excluding steroid dienone is 2. The van der Waals surface area contributed by atoms with Crippen molar-refractivity contribution in [1.29, 1.82) is 0 Å². The number of nitrogens with two attached hydrogens (primary N) is 1. The Morgan fingerprint density at radius 3 is 2.72 bits per heavy atom. The molecule has 1 aliphatic carbocycles. The molecule has 0 amide bonds. The van der Waals surface area contributed by atoms with Crippen LogP contribution in [0.15, 0.2) is 6.08 Å². The van der Waals surface area contributed by atoms with Gasteiger partial charge in [-0.2, -0.15) is 0 Å². The summed E-state index contributed by atoms with van der Waals surface area (Å²) in [6, 6.07) is 0. The van der Waals surface area contributed by atoms with Gasteiger partial charge in [-0.1, -0.05) is 25.8 Å². The highest BCUT2D eigenvalue weighted by atomic mass is 15.2. The van der Waals surface area contributed by atoms with Crippen LogP contribution in [-0.2, 0) is 12.8 Å². The highest BCUT2D eigenvalue weighted by Crippen LogP contribution is 2.32. The van der Waals surface area contributed by atoms with Gasteiger partial charge >= 0.3 is 0 Å². The Labute approximate surface area is 152 Å². The lowest BCUT2D eigenvalue weighted by molar-refractivity contribution is 0.236. The van der Waals surface area contributed by atoms with Gasteiger partial charge in [-0.05, 0) is 44.2 Å². The van der Waals surface area contributed by atoms with Crippen LogP contribution in [-0.4, -0.2) is 47.6 Å². The molecule has 0 bridgehead atoms. The van der Waals surface area contributed by atoms with Crippen LogP contribution >= 0.6 is 0 Å². The first-order valence-electron chi connectivity index (χ1n) is 10.1. The molecule has 1 aromatic rings. The fraction of sp³-hybridized carbons (Fsp3) is 0.700. The monoisotopic (exact) mass is 343 g/mol. The molecule has 0 radical (unpaired) electrons. The third-order valence-corrected chi connectivity index (χ3v) is 5.33. The molecule has 0 unspecified atom stereocenters. The van der Waals surface area contributed by atoms with Crippen LogP contribution in [0.3, 0.4) is 0 Å². The molecule has 2 aliphatic rings. The minimum Gasteiger partial charge on any atom is -0.383 e. The number of aryl methyl sites for hydroxylation is 1. The van der Waals surface area contributed by atoms with Crippen molar-refractivity contribution in [2.24, 2.45) is 0 Å². The number of nitrogens with one attached hydrogen (secondary N) is 1. The highest BCUT2D eigenvalue weighted by molar-refractivity contribution is 5.73. The molecular weight excluding hydrogens is 310 g/mol. The van der Waals surface area contributed by atoms with E-state index in [9.17, 15) is 0 Å². The fourth-order valence-corrected chi connectivity index (χ4v) is 3.77. The zero-order valence-corrected chi connectivity index (χ0v) is 15.7. The van der Waals surface area contributed by atoms with Crippen molar-refractivity contribution >= 4 is 11.4 Å². The molecule has 2 heterocycles. The minimum absolute atomic E-state index is 0.695. The van der Waals surface area contributed by atoms with Gasteiger partial charge in [0.1, 0.15) is 11.6 Å². The number of anilines is 1. The van der Waals surface area contributed by atoms with Gasteiger partial charge in [0.05, 0.1) is 5.69 Å². The number of rotatable bonds is 9. The molecule has 3 N–H and O–H groups in total.